The van der Waals surface area contributed by atoms with E-state index in [0.717, 1.165) is 0 Å². The van der Waals surface area contributed by atoms with E-state index in [1.807, 2.05) is 0 Å². The van der Waals surface area contributed by atoms with Crippen LogP contribution in [0.1, 0.15) is 34.6 Å². The molecule has 1 unspecified atom stereocenters. The summed E-state index contributed by atoms with van der Waals surface area (Å²) in [6.07, 6.45) is 0. The maximum atomic E-state index is 11.8. The summed E-state index contributed by atoms with van der Waals surface area (Å²) < 4.78 is 0. The van der Waals surface area contributed by atoms with Crippen LogP contribution in [-0.2, 0) is 0 Å². The van der Waals surface area contributed by atoms with Gasteiger partial charge in [-0.15, -0.1) is 0 Å². The molecule has 0 aliphatic carbocycles. The van der Waals surface area contributed by atoms with Gasteiger partial charge in [-0.3, -0.25) is 9.59 Å². The molecule has 1 aromatic rings. The summed E-state index contributed by atoms with van der Waals surface area (Å²) in [4.78, 5) is 23.1. The molecule has 0 bridgehead atoms. The molecule has 0 heterocycles. The van der Waals surface area contributed by atoms with Crippen molar-refractivity contribution in [3.63, 3.8) is 0 Å². The van der Waals surface area contributed by atoms with Crippen molar-refractivity contribution in [1.29, 1.82) is 0 Å². The number of hydrogen-bond donors (Lipinski definition) is 2. The molecule has 0 aliphatic heterocycles. The van der Waals surface area contributed by atoms with Gasteiger partial charge in [0.1, 0.15) is 0 Å². The van der Waals surface area contributed by atoms with Gasteiger partial charge in [-0.1, -0.05) is 18.2 Å². The Hall–Kier alpha value is -1.68. The van der Waals surface area contributed by atoms with E-state index in [1.165, 1.54) is 6.92 Å². The number of rotatable bonds is 4. The second kappa shape index (κ2) is 5.42. The highest BCUT2D eigenvalue weighted by Gasteiger charge is 2.14. The number of Topliss-reactive ketones (excluding diaryl/α,β-unsaturated/α-hetero) is 1. The molecule has 4 heteroatoms. The van der Waals surface area contributed by atoms with Crippen LogP contribution in [0.15, 0.2) is 24.3 Å². The molecule has 4 nitrogen and oxygen atoms in total. The molecule has 1 aromatic carbocycles. The molecule has 0 fully saturated rings. The Bertz CT molecular complexity index is 401. The molecule has 0 radical (unpaired) electrons. The largest absolute Gasteiger partial charge is 0.394 e. The average molecular weight is 221 g/mol. The van der Waals surface area contributed by atoms with Gasteiger partial charge in [0.05, 0.1) is 12.2 Å². The highest BCUT2D eigenvalue weighted by molar-refractivity contribution is 6.07. The summed E-state index contributed by atoms with van der Waals surface area (Å²) in [7, 11) is 0. The third-order valence-corrected chi connectivity index (χ3v) is 2.20. The lowest BCUT2D eigenvalue weighted by atomic mass is 10.0. The van der Waals surface area contributed by atoms with Crippen LogP contribution in [0.2, 0.25) is 0 Å². The van der Waals surface area contributed by atoms with Gasteiger partial charge in [0.15, 0.2) is 5.78 Å². The summed E-state index contributed by atoms with van der Waals surface area (Å²) in [6, 6.07) is 6.29. The predicted molar refractivity (Wildman–Crippen MR) is 60.5 cm³/mol. The van der Waals surface area contributed by atoms with Crippen LogP contribution in [0.4, 0.5) is 0 Å². The standard InChI is InChI=1S/C12H15NO3/c1-8(7-14)13-12(16)11-6-4-3-5-10(11)9(2)15/h3-6,8,14H,7H2,1-2H3,(H,13,16). The molecule has 86 valence electrons. The van der Waals surface area contributed by atoms with Gasteiger partial charge in [0.2, 0.25) is 0 Å². The zero-order chi connectivity index (χ0) is 12.1. The highest BCUT2D eigenvalue weighted by Crippen LogP contribution is 2.09. The molecule has 1 atom stereocenters. The molecule has 2 N–H and O–H groups in total. The Morgan fingerprint density at radius 1 is 1.31 bits per heavy atom. The first kappa shape index (κ1) is 12.4. The third kappa shape index (κ3) is 2.90. The van der Waals surface area contributed by atoms with Gasteiger partial charge in [-0.05, 0) is 19.9 Å². The van der Waals surface area contributed by atoms with Crippen molar-refractivity contribution >= 4 is 11.7 Å². The number of hydrogen-bond acceptors (Lipinski definition) is 3. The first-order valence-corrected chi connectivity index (χ1v) is 5.08. The van der Waals surface area contributed by atoms with Gasteiger partial charge in [-0.25, -0.2) is 0 Å². The summed E-state index contributed by atoms with van der Waals surface area (Å²) in [6.45, 7) is 2.98. The van der Waals surface area contributed by atoms with E-state index in [1.54, 1.807) is 31.2 Å². The highest BCUT2D eigenvalue weighted by atomic mass is 16.3. The summed E-state index contributed by atoms with van der Waals surface area (Å²) in [5.41, 5.74) is 0.737. The van der Waals surface area contributed by atoms with E-state index in [-0.39, 0.29) is 24.3 Å². The fraction of sp³-hybridized carbons (Fsp3) is 0.333. The molecule has 0 saturated heterocycles. The molecule has 0 aliphatic rings. The van der Waals surface area contributed by atoms with Crippen LogP contribution >= 0.6 is 0 Å². The quantitative estimate of drug-likeness (QED) is 0.745. The minimum Gasteiger partial charge on any atom is -0.394 e. The number of aliphatic hydroxyl groups excluding tert-OH is 1. The molecule has 1 amide bonds. The lowest BCUT2D eigenvalue weighted by Crippen LogP contribution is -2.35. The Labute approximate surface area is 94.3 Å². The molecular formula is C12H15NO3. The first-order valence-electron chi connectivity index (χ1n) is 5.08. The van der Waals surface area contributed by atoms with Crippen molar-refractivity contribution in [1.82, 2.24) is 5.32 Å². The van der Waals surface area contributed by atoms with Crippen molar-refractivity contribution in [2.75, 3.05) is 6.61 Å². The Balaban J connectivity index is 2.95. The van der Waals surface area contributed by atoms with E-state index >= 15 is 0 Å². The summed E-state index contributed by atoms with van der Waals surface area (Å²) >= 11 is 0. The van der Waals surface area contributed by atoms with Crippen LogP contribution < -0.4 is 5.32 Å². The zero-order valence-corrected chi connectivity index (χ0v) is 9.36. The first-order chi connectivity index (χ1) is 7.56. The van der Waals surface area contributed by atoms with E-state index in [2.05, 4.69) is 5.32 Å². The molecule has 0 spiro atoms. The van der Waals surface area contributed by atoms with Crippen LogP contribution in [0.3, 0.4) is 0 Å². The van der Waals surface area contributed by atoms with Crippen LogP contribution in [0.25, 0.3) is 0 Å². The van der Waals surface area contributed by atoms with Crippen LogP contribution in [-0.4, -0.2) is 29.4 Å². The molecule has 0 saturated carbocycles. The van der Waals surface area contributed by atoms with Gasteiger partial charge in [0, 0.05) is 11.6 Å². The number of ketones is 1. The van der Waals surface area contributed by atoms with Gasteiger partial charge < -0.3 is 10.4 Å². The second-order valence-electron chi connectivity index (χ2n) is 3.66. The maximum Gasteiger partial charge on any atom is 0.252 e. The predicted octanol–water partition coefficient (Wildman–Crippen LogP) is 1.000. The number of carbonyl (C=O) groups excluding carboxylic acids is 2. The number of aliphatic hydroxyl groups is 1. The van der Waals surface area contributed by atoms with E-state index in [4.69, 9.17) is 5.11 Å². The topological polar surface area (TPSA) is 66.4 Å². The summed E-state index contributed by atoms with van der Waals surface area (Å²) in [5, 5.41) is 11.4. The fourth-order valence-electron chi connectivity index (χ4n) is 1.34. The third-order valence-electron chi connectivity index (χ3n) is 2.20. The van der Waals surface area contributed by atoms with Crippen LogP contribution in [0.5, 0.6) is 0 Å². The number of amides is 1. The van der Waals surface area contributed by atoms with Crippen molar-refractivity contribution < 1.29 is 14.7 Å². The lowest BCUT2D eigenvalue weighted by molar-refractivity contribution is 0.0911. The van der Waals surface area contributed by atoms with Gasteiger partial charge in [-0.2, -0.15) is 0 Å². The van der Waals surface area contributed by atoms with Gasteiger partial charge in [0.25, 0.3) is 5.91 Å². The Kier molecular flexibility index (Phi) is 4.19. The van der Waals surface area contributed by atoms with E-state index < -0.39 is 0 Å². The minimum atomic E-state index is -0.340. The van der Waals surface area contributed by atoms with Crippen molar-refractivity contribution in [3.05, 3.63) is 35.4 Å². The van der Waals surface area contributed by atoms with E-state index in [9.17, 15) is 9.59 Å². The zero-order valence-electron chi connectivity index (χ0n) is 9.36. The monoisotopic (exact) mass is 221 g/mol. The Morgan fingerprint density at radius 2 is 1.88 bits per heavy atom. The molecule has 1 rings (SSSR count). The number of nitrogens with one attached hydrogen (secondary N) is 1. The van der Waals surface area contributed by atoms with Crippen molar-refractivity contribution in [2.24, 2.45) is 0 Å². The molecule has 16 heavy (non-hydrogen) atoms. The normalized spacial score (nSPS) is 11.9. The average Bonchev–Trinajstić information content (AvgIpc) is 2.28. The van der Waals surface area contributed by atoms with Crippen molar-refractivity contribution in [2.45, 2.75) is 19.9 Å². The fourth-order valence-corrected chi connectivity index (χ4v) is 1.34. The molecular weight excluding hydrogens is 206 g/mol. The smallest absolute Gasteiger partial charge is 0.252 e. The number of carbonyl (C=O) groups is 2. The van der Waals surface area contributed by atoms with E-state index in [0.29, 0.717) is 11.1 Å². The maximum absolute atomic E-state index is 11.8. The number of benzene rings is 1. The summed E-state index contributed by atoms with van der Waals surface area (Å²) in [5.74, 6) is -0.491. The van der Waals surface area contributed by atoms with Crippen LogP contribution in [0, 0.1) is 0 Å². The second-order valence-corrected chi connectivity index (χ2v) is 3.66. The lowest BCUT2D eigenvalue weighted by Gasteiger charge is -2.12. The minimum absolute atomic E-state index is 0.131. The van der Waals surface area contributed by atoms with Crippen molar-refractivity contribution in [3.8, 4) is 0 Å². The van der Waals surface area contributed by atoms with Gasteiger partial charge >= 0.3 is 0 Å². The Morgan fingerprint density at radius 3 is 2.38 bits per heavy atom. The molecule has 0 aromatic heterocycles. The SMILES string of the molecule is CC(=O)c1ccccc1C(=O)NC(C)CO.